The van der Waals surface area contributed by atoms with Crippen LogP contribution in [0.3, 0.4) is 0 Å². The van der Waals surface area contributed by atoms with Gasteiger partial charge in [-0.3, -0.25) is 9.48 Å². The van der Waals surface area contributed by atoms with Crippen molar-refractivity contribution in [3.63, 3.8) is 0 Å². The Bertz CT molecular complexity index is 574. The molecule has 0 aliphatic heterocycles. The normalized spacial score (nSPS) is 17.2. The second kappa shape index (κ2) is 6.70. The van der Waals surface area contributed by atoms with Gasteiger partial charge in [0, 0.05) is 19.9 Å². The Morgan fingerprint density at radius 2 is 2.09 bits per heavy atom. The first-order valence-electron chi connectivity index (χ1n) is 7.91. The summed E-state index contributed by atoms with van der Waals surface area (Å²) in [5, 5.41) is 16.2. The highest BCUT2D eigenvalue weighted by molar-refractivity contribution is 5.95. The van der Waals surface area contributed by atoms with E-state index < -0.39 is 11.5 Å². The van der Waals surface area contributed by atoms with Gasteiger partial charge in [0.25, 0.3) is 0 Å². The number of aliphatic carboxylic acids is 1. The van der Waals surface area contributed by atoms with Crippen molar-refractivity contribution in [1.29, 1.82) is 0 Å². The van der Waals surface area contributed by atoms with Gasteiger partial charge in [-0.15, -0.1) is 0 Å². The molecule has 2 rings (SSSR count). The number of anilines is 1. The molecule has 1 amide bonds. The number of hydrogen-bond donors (Lipinski definition) is 2. The minimum absolute atomic E-state index is 0.0280. The summed E-state index contributed by atoms with van der Waals surface area (Å²) >= 11 is 0. The van der Waals surface area contributed by atoms with Crippen LogP contribution in [0.5, 0.6) is 0 Å². The highest BCUT2D eigenvalue weighted by atomic mass is 16.5. The zero-order valence-corrected chi connectivity index (χ0v) is 14.0. The molecule has 1 saturated carbocycles. The van der Waals surface area contributed by atoms with Gasteiger partial charge in [-0.1, -0.05) is 12.8 Å². The maximum atomic E-state index is 12.7. The number of carbonyl (C=O) groups is 2. The van der Waals surface area contributed by atoms with Crippen LogP contribution in [0.1, 0.15) is 46.0 Å². The van der Waals surface area contributed by atoms with Crippen molar-refractivity contribution in [2.45, 2.75) is 51.5 Å². The fourth-order valence-electron chi connectivity index (χ4n) is 2.99. The first kappa shape index (κ1) is 17.5. The van der Waals surface area contributed by atoms with E-state index in [1.165, 1.54) is 10.9 Å². The Morgan fingerprint density at radius 1 is 1.43 bits per heavy atom. The van der Waals surface area contributed by atoms with Gasteiger partial charge in [0.1, 0.15) is 0 Å². The average Bonchev–Trinajstić information content (AvgIpc) is 3.15. The van der Waals surface area contributed by atoms with Gasteiger partial charge in [0.15, 0.2) is 5.54 Å². The topological polar surface area (TPSA) is 93.5 Å². The summed E-state index contributed by atoms with van der Waals surface area (Å²) in [6.45, 7) is 3.68. The Kier molecular flexibility index (Phi) is 5.09. The van der Waals surface area contributed by atoms with E-state index in [1.54, 1.807) is 27.2 Å². The van der Waals surface area contributed by atoms with Crippen LogP contribution in [0, 0.1) is 5.41 Å². The summed E-state index contributed by atoms with van der Waals surface area (Å²) in [4.78, 5) is 24.0. The average molecular weight is 323 g/mol. The molecular weight excluding hydrogens is 298 g/mol. The standard InChI is InChI=1S/C16H25N3O4/c1-15(2,14(21)22)19-11-12(10-17-19)18-13(20)16(8-9-23-3)6-4-5-7-16/h10-11H,4-9H2,1-3H3,(H,18,20)(H,21,22). The fraction of sp³-hybridized carbons (Fsp3) is 0.688. The zero-order chi connectivity index (χ0) is 17.1. The molecule has 0 spiro atoms. The van der Waals surface area contributed by atoms with Crippen molar-refractivity contribution < 1.29 is 19.4 Å². The van der Waals surface area contributed by atoms with E-state index in [9.17, 15) is 14.7 Å². The van der Waals surface area contributed by atoms with Crippen molar-refractivity contribution >= 4 is 17.6 Å². The Morgan fingerprint density at radius 3 is 2.65 bits per heavy atom. The van der Waals surface area contributed by atoms with Gasteiger partial charge in [-0.25, -0.2) is 4.79 Å². The highest BCUT2D eigenvalue weighted by Crippen LogP contribution is 2.42. The predicted octanol–water partition coefficient (Wildman–Crippen LogP) is 2.24. The maximum absolute atomic E-state index is 12.7. The molecule has 1 heterocycles. The predicted molar refractivity (Wildman–Crippen MR) is 85.2 cm³/mol. The molecule has 7 heteroatoms. The van der Waals surface area contributed by atoms with Crippen LogP contribution >= 0.6 is 0 Å². The summed E-state index contributed by atoms with van der Waals surface area (Å²) in [5.41, 5.74) is -1.03. The number of aromatic nitrogens is 2. The Hall–Kier alpha value is -1.89. The number of methoxy groups -OCH3 is 1. The Balaban J connectivity index is 2.11. The van der Waals surface area contributed by atoms with Gasteiger partial charge in [-0.2, -0.15) is 5.10 Å². The first-order valence-corrected chi connectivity index (χ1v) is 7.91. The van der Waals surface area contributed by atoms with E-state index in [1.807, 2.05) is 0 Å². The number of amides is 1. The largest absolute Gasteiger partial charge is 0.479 e. The molecule has 0 aromatic carbocycles. The molecule has 0 atom stereocenters. The van der Waals surface area contributed by atoms with Crippen LogP contribution in [0.25, 0.3) is 0 Å². The third-order valence-corrected chi connectivity index (χ3v) is 4.76. The minimum Gasteiger partial charge on any atom is -0.479 e. The number of rotatable bonds is 7. The third-order valence-electron chi connectivity index (χ3n) is 4.76. The van der Waals surface area contributed by atoms with Crippen molar-refractivity contribution in [1.82, 2.24) is 9.78 Å². The quantitative estimate of drug-likeness (QED) is 0.802. The smallest absolute Gasteiger partial charge is 0.331 e. The lowest BCUT2D eigenvalue weighted by Crippen LogP contribution is -2.36. The van der Waals surface area contributed by atoms with E-state index in [-0.39, 0.29) is 11.3 Å². The van der Waals surface area contributed by atoms with Crippen LogP contribution in [-0.4, -0.2) is 40.5 Å². The van der Waals surface area contributed by atoms with Crippen LogP contribution in [0.4, 0.5) is 5.69 Å². The van der Waals surface area contributed by atoms with Crippen molar-refractivity contribution in [2.24, 2.45) is 5.41 Å². The second-order valence-corrected chi connectivity index (χ2v) is 6.72. The SMILES string of the molecule is COCCC1(C(=O)Nc2cnn(C(C)(C)C(=O)O)c2)CCCC1. The fourth-order valence-corrected chi connectivity index (χ4v) is 2.99. The lowest BCUT2D eigenvalue weighted by molar-refractivity contribution is -0.146. The first-order chi connectivity index (χ1) is 10.8. The summed E-state index contributed by atoms with van der Waals surface area (Å²) in [6, 6.07) is 0. The number of carboxylic acid groups (broad SMARTS) is 1. The zero-order valence-electron chi connectivity index (χ0n) is 14.0. The van der Waals surface area contributed by atoms with Crippen molar-refractivity contribution in [3.05, 3.63) is 12.4 Å². The molecule has 0 unspecified atom stereocenters. The molecule has 1 aliphatic rings. The van der Waals surface area contributed by atoms with Crippen molar-refractivity contribution in [2.75, 3.05) is 19.0 Å². The van der Waals surface area contributed by atoms with E-state index in [0.29, 0.717) is 18.7 Å². The number of nitrogens with one attached hydrogen (secondary N) is 1. The van der Waals surface area contributed by atoms with Crippen LogP contribution in [-0.2, 0) is 19.9 Å². The summed E-state index contributed by atoms with van der Waals surface area (Å²) in [5.74, 6) is -1.01. The monoisotopic (exact) mass is 323 g/mol. The van der Waals surface area contributed by atoms with Crippen LogP contribution < -0.4 is 5.32 Å². The molecule has 1 aromatic rings. The van der Waals surface area contributed by atoms with Gasteiger partial charge >= 0.3 is 5.97 Å². The number of hydrogen-bond acceptors (Lipinski definition) is 4. The molecule has 1 aromatic heterocycles. The van der Waals surface area contributed by atoms with Gasteiger partial charge in [0.2, 0.25) is 5.91 Å². The number of ether oxygens (including phenoxy) is 1. The number of carboxylic acids is 1. The summed E-state index contributed by atoms with van der Waals surface area (Å²) < 4.78 is 6.49. The second-order valence-electron chi connectivity index (χ2n) is 6.72. The molecule has 1 fully saturated rings. The molecule has 2 N–H and O–H groups in total. The van der Waals surface area contributed by atoms with E-state index in [0.717, 1.165) is 25.7 Å². The van der Waals surface area contributed by atoms with Crippen molar-refractivity contribution in [3.8, 4) is 0 Å². The lowest BCUT2D eigenvalue weighted by Gasteiger charge is -2.27. The van der Waals surface area contributed by atoms with E-state index in [4.69, 9.17) is 4.74 Å². The highest BCUT2D eigenvalue weighted by Gasteiger charge is 2.41. The summed E-state index contributed by atoms with van der Waals surface area (Å²) in [6.07, 6.45) is 7.55. The van der Waals surface area contributed by atoms with Gasteiger partial charge in [0.05, 0.1) is 17.3 Å². The molecular formula is C16H25N3O4. The molecule has 128 valence electrons. The Labute approximate surface area is 136 Å². The van der Waals surface area contributed by atoms with E-state index in [2.05, 4.69) is 10.4 Å². The van der Waals surface area contributed by atoms with Crippen LogP contribution in [0.2, 0.25) is 0 Å². The molecule has 7 nitrogen and oxygen atoms in total. The molecule has 1 aliphatic carbocycles. The molecule has 0 saturated heterocycles. The summed E-state index contributed by atoms with van der Waals surface area (Å²) in [7, 11) is 1.64. The third kappa shape index (κ3) is 3.55. The molecule has 0 bridgehead atoms. The number of carbonyl (C=O) groups excluding carboxylic acids is 1. The van der Waals surface area contributed by atoms with Crippen LogP contribution in [0.15, 0.2) is 12.4 Å². The maximum Gasteiger partial charge on any atom is 0.331 e. The molecule has 23 heavy (non-hydrogen) atoms. The lowest BCUT2D eigenvalue weighted by atomic mass is 9.82. The van der Waals surface area contributed by atoms with Gasteiger partial charge in [-0.05, 0) is 33.1 Å². The number of nitrogens with zero attached hydrogens (tertiary/aromatic N) is 2. The molecule has 0 radical (unpaired) electrons. The van der Waals surface area contributed by atoms with Gasteiger partial charge < -0.3 is 15.2 Å². The van der Waals surface area contributed by atoms with E-state index >= 15 is 0 Å². The minimum atomic E-state index is -1.16.